The van der Waals surface area contributed by atoms with E-state index in [0.29, 0.717) is 6.04 Å². The molecule has 3 nitrogen and oxygen atoms in total. The van der Waals surface area contributed by atoms with Gasteiger partial charge in [0.1, 0.15) is 0 Å². The van der Waals surface area contributed by atoms with Crippen molar-refractivity contribution in [1.29, 1.82) is 0 Å². The number of rotatable bonds is 4. The Bertz CT molecular complexity index is 131. The summed E-state index contributed by atoms with van der Waals surface area (Å²) >= 11 is 0. The second-order valence-corrected chi connectivity index (χ2v) is 3.96. The quantitative estimate of drug-likeness (QED) is 0.683. The van der Waals surface area contributed by atoms with E-state index in [2.05, 4.69) is 23.6 Å². The first-order chi connectivity index (χ1) is 6.24. The Kier molecular flexibility index (Phi) is 7.15. The molecule has 1 rings (SSSR count). The van der Waals surface area contributed by atoms with Crippen molar-refractivity contribution in [3.05, 3.63) is 0 Å². The lowest BCUT2D eigenvalue weighted by Crippen LogP contribution is -2.49. The zero-order valence-electron chi connectivity index (χ0n) is 9.12. The summed E-state index contributed by atoms with van der Waals surface area (Å²) < 4.78 is 5.06. The Labute approximate surface area is 89.0 Å². The fourth-order valence-corrected chi connectivity index (χ4v) is 1.72. The Morgan fingerprint density at radius 1 is 1.14 bits per heavy atom. The summed E-state index contributed by atoms with van der Waals surface area (Å²) in [5, 5.41) is 0. The molecule has 0 N–H and O–H groups in total. The largest absolute Gasteiger partial charge is 0.383 e. The molecule has 0 aromatic carbocycles. The fraction of sp³-hybridized carbons (Fsp3) is 1.00. The van der Waals surface area contributed by atoms with Crippen molar-refractivity contribution < 1.29 is 4.74 Å². The maximum absolute atomic E-state index is 5.06. The highest BCUT2D eigenvalue weighted by atomic mass is 16.5. The van der Waals surface area contributed by atoms with E-state index >= 15 is 0 Å². The second kappa shape index (κ2) is 7.21. The SMILES string of the molecule is C.COCCN1CCN(C(C)C)CC1. The summed E-state index contributed by atoms with van der Waals surface area (Å²) in [5.41, 5.74) is 0. The highest BCUT2D eigenvalue weighted by molar-refractivity contribution is 4.73. The normalized spacial score (nSPS) is 19.7. The van der Waals surface area contributed by atoms with Crippen LogP contribution in [-0.2, 0) is 4.74 Å². The zero-order chi connectivity index (χ0) is 9.68. The van der Waals surface area contributed by atoms with Crippen molar-refractivity contribution in [3.63, 3.8) is 0 Å². The van der Waals surface area contributed by atoms with E-state index in [4.69, 9.17) is 4.74 Å². The third-order valence-corrected chi connectivity index (χ3v) is 2.75. The first-order valence-corrected chi connectivity index (χ1v) is 5.19. The van der Waals surface area contributed by atoms with Crippen LogP contribution in [0.25, 0.3) is 0 Å². The molecule has 1 saturated heterocycles. The third kappa shape index (κ3) is 4.40. The maximum Gasteiger partial charge on any atom is 0.0589 e. The van der Waals surface area contributed by atoms with E-state index in [-0.39, 0.29) is 7.43 Å². The van der Waals surface area contributed by atoms with Crippen LogP contribution in [0.2, 0.25) is 0 Å². The minimum atomic E-state index is 0. The first kappa shape index (κ1) is 13.9. The van der Waals surface area contributed by atoms with Gasteiger partial charge in [-0.3, -0.25) is 9.80 Å². The van der Waals surface area contributed by atoms with Crippen molar-refractivity contribution >= 4 is 0 Å². The van der Waals surface area contributed by atoms with Gasteiger partial charge in [0.15, 0.2) is 0 Å². The summed E-state index contributed by atoms with van der Waals surface area (Å²) in [7, 11) is 1.77. The van der Waals surface area contributed by atoms with Gasteiger partial charge in [-0.15, -0.1) is 0 Å². The van der Waals surface area contributed by atoms with Gasteiger partial charge in [0.2, 0.25) is 0 Å². The van der Waals surface area contributed by atoms with Crippen molar-refractivity contribution in [1.82, 2.24) is 9.80 Å². The molecule has 14 heavy (non-hydrogen) atoms. The minimum Gasteiger partial charge on any atom is -0.383 e. The van der Waals surface area contributed by atoms with Crippen molar-refractivity contribution in [3.8, 4) is 0 Å². The Balaban J connectivity index is 0.00000169. The summed E-state index contributed by atoms with van der Waals surface area (Å²) in [6.45, 7) is 11.3. The Hall–Kier alpha value is -0.120. The molecule has 0 atom stereocenters. The monoisotopic (exact) mass is 202 g/mol. The van der Waals surface area contributed by atoms with E-state index < -0.39 is 0 Å². The van der Waals surface area contributed by atoms with Crippen LogP contribution in [0.3, 0.4) is 0 Å². The Morgan fingerprint density at radius 3 is 2.14 bits per heavy atom. The molecule has 0 radical (unpaired) electrons. The molecule has 0 bridgehead atoms. The second-order valence-electron chi connectivity index (χ2n) is 3.96. The fourth-order valence-electron chi connectivity index (χ4n) is 1.72. The van der Waals surface area contributed by atoms with E-state index in [9.17, 15) is 0 Å². The molecule has 86 valence electrons. The molecule has 0 amide bonds. The van der Waals surface area contributed by atoms with Crippen LogP contribution in [0.5, 0.6) is 0 Å². The van der Waals surface area contributed by atoms with Crippen molar-refractivity contribution in [2.45, 2.75) is 27.3 Å². The van der Waals surface area contributed by atoms with Gasteiger partial charge < -0.3 is 4.74 Å². The number of nitrogens with zero attached hydrogens (tertiary/aromatic N) is 2. The number of hydrogen-bond donors (Lipinski definition) is 0. The zero-order valence-corrected chi connectivity index (χ0v) is 9.12. The highest BCUT2D eigenvalue weighted by Crippen LogP contribution is 2.04. The average molecular weight is 202 g/mol. The predicted molar refractivity (Wildman–Crippen MR) is 61.8 cm³/mol. The summed E-state index contributed by atoms with van der Waals surface area (Å²) in [6.07, 6.45) is 0. The van der Waals surface area contributed by atoms with Gasteiger partial charge in [-0.1, -0.05) is 7.43 Å². The molecule has 1 aliphatic heterocycles. The van der Waals surface area contributed by atoms with Gasteiger partial charge in [0.25, 0.3) is 0 Å². The average Bonchev–Trinajstić information content (AvgIpc) is 2.15. The van der Waals surface area contributed by atoms with Gasteiger partial charge >= 0.3 is 0 Å². The van der Waals surface area contributed by atoms with Gasteiger partial charge in [-0.25, -0.2) is 0 Å². The number of ether oxygens (including phenoxy) is 1. The van der Waals surface area contributed by atoms with Gasteiger partial charge in [-0.05, 0) is 13.8 Å². The summed E-state index contributed by atoms with van der Waals surface area (Å²) in [4.78, 5) is 5.01. The van der Waals surface area contributed by atoms with Crippen LogP contribution in [0, 0.1) is 0 Å². The molecule has 1 fully saturated rings. The summed E-state index contributed by atoms with van der Waals surface area (Å²) in [6, 6.07) is 0.699. The number of methoxy groups -OCH3 is 1. The van der Waals surface area contributed by atoms with Crippen LogP contribution >= 0.6 is 0 Å². The van der Waals surface area contributed by atoms with Gasteiger partial charge in [0, 0.05) is 45.9 Å². The maximum atomic E-state index is 5.06. The van der Waals surface area contributed by atoms with E-state index in [0.717, 1.165) is 13.2 Å². The topological polar surface area (TPSA) is 15.7 Å². The molecule has 0 spiro atoms. The van der Waals surface area contributed by atoms with Crippen LogP contribution < -0.4 is 0 Å². The van der Waals surface area contributed by atoms with E-state index in [1.165, 1.54) is 26.2 Å². The van der Waals surface area contributed by atoms with Gasteiger partial charge in [0.05, 0.1) is 6.61 Å². The molecule has 0 aromatic rings. The van der Waals surface area contributed by atoms with Crippen LogP contribution in [0.4, 0.5) is 0 Å². The molecule has 0 aromatic heterocycles. The van der Waals surface area contributed by atoms with Crippen molar-refractivity contribution in [2.75, 3.05) is 46.4 Å². The molecule has 1 heterocycles. The van der Waals surface area contributed by atoms with Crippen LogP contribution in [0.1, 0.15) is 21.3 Å². The Morgan fingerprint density at radius 2 is 1.71 bits per heavy atom. The van der Waals surface area contributed by atoms with Crippen LogP contribution in [0.15, 0.2) is 0 Å². The number of hydrogen-bond acceptors (Lipinski definition) is 3. The lowest BCUT2D eigenvalue weighted by molar-refractivity contribution is 0.0828. The molecule has 0 saturated carbocycles. The molecule has 0 aliphatic carbocycles. The van der Waals surface area contributed by atoms with Crippen LogP contribution in [-0.4, -0.2) is 62.3 Å². The standard InChI is InChI=1S/C10H22N2O.CH4/c1-10(2)12-6-4-11(5-7-12)8-9-13-3;/h10H,4-9H2,1-3H3;1H4. The van der Waals surface area contributed by atoms with Gasteiger partial charge in [-0.2, -0.15) is 0 Å². The first-order valence-electron chi connectivity index (χ1n) is 5.19. The van der Waals surface area contributed by atoms with E-state index in [1.807, 2.05) is 0 Å². The van der Waals surface area contributed by atoms with E-state index in [1.54, 1.807) is 7.11 Å². The molecule has 3 heteroatoms. The lowest BCUT2D eigenvalue weighted by atomic mass is 10.2. The summed E-state index contributed by atoms with van der Waals surface area (Å²) in [5.74, 6) is 0. The predicted octanol–water partition coefficient (Wildman–Crippen LogP) is 1.29. The third-order valence-electron chi connectivity index (χ3n) is 2.75. The number of piperazine rings is 1. The molecular formula is C11H26N2O. The molecule has 1 aliphatic rings. The lowest BCUT2D eigenvalue weighted by Gasteiger charge is -2.36. The molecule has 0 unspecified atom stereocenters. The van der Waals surface area contributed by atoms with Crippen molar-refractivity contribution in [2.24, 2.45) is 0 Å². The smallest absolute Gasteiger partial charge is 0.0589 e. The minimum absolute atomic E-state index is 0. The highest BCUT2D eigenvalue weighted by Gasteiger charge is 2.17. The molecular weight excluding hydrogens is 176 g/mol.